The highest BCUT2D eigenvalue weighted by molar-refractivity contribution is 7.18. The third-order valence-electron chi connectivity index (χ3n) is 4.81. The molecular formula is C19H20F3N9S. The lowest BCUT2D eigenvalue weighted by Crippen LogP contribution is -2.55. The van der Waals surface area contributed by atoms with Crippen LogP contribution in [0, 0.1) is 10.8 Å². The lowest BCUT2D eigenvalue weighted by Gasteiger charge is -2.37. The van der Waals surface area contributed by atoms with Gasteiger partial charge in [-0.05, 0) is 18.6 Å². The summed E-state index contributed by atoms with van der Waals surface area (Å²) in [5.74, 6) is -0.732. The van der Waals surface area contributed by atoms with E-state index in [1.165, 1.54) is 11.3 Å². The van der Waals surface area contributed by atoms with Crippen LogP contribution in [0.25, 0.3) is 10.2 Å². The van der Waals surface area contributed by atoms with Gasteiger partial charge in [-0.3, -0.25) is 16.1 Å². The first-order valence-corrected chi connectivity index (χ1v) is 10.7. The topological polar surface area (TPSA) is 118 Å². The van der Waals surface area contributed by atoms with E-state index >= 15 is 0 Å². The fourth-order valence-corrected chi connectivity index (χ4v) is 4.49. The van der Waals surface area contributed by atoms with E-state index in [4.69, 9.17) is 10.8 Å². The molecule has 0 atom stereocenters. The van der Waals surface area contributed by atoms with Crippen molar-refractivity contribution < 1.29 is 13.2 Å². The van der Waals surface area contributed by atoms with E-state index in [-0.39, 0.29) is 31.4 Å². The van der Waals surface area contributed by atoms with E-state index < -0.39 is 12.0 Å². The quantitative estimate of drug-likeness (QED) is 0.389. The average Bonchev–Trinajstić information content (AvgIpc) is 3.15. The molecule has 32 heavy (non-hydrogen) atoms. The summed E-state index contributed by atoms with van der Waals surface area (Å²) in [6, 6.07) is 3.68. The summed E-state index contributed by atoms with van der Waals surface area (Å²) < 4.78 is 38.9. The lowest BCUT2D eigenvalue weighted by molar-refractivity contribution is -0.0671. The van der Waals surface area contributed by atoms with Crippen LogP contribution in [0.15, 0.2) is 24.5 Å². The minimum Gasteiger partial charge on any atom is -0.347 e. The number of rotatable bonds is 5. The standard InChI is InChI=1S/C19H20F3N9S/c1-2-4-11-9-12-14(30-7-8-31(13(23)10-30)16(24)19(20,21)22)27-18(28-15(12)32-11)29-17-25-5-3-6-26-17/h3,5-6,9,23-24H,2,4,7-8,10H2,1H3,(H,25,26,27,28,29). The maximum absolute atomic E-state index is 13.0. The van der Waals surface area contributed by atoms with Crippen molar-refractivity contribution in [2.24, 2.45) is 0 Å². The first kappa shape index (κ1) is 21.9. The number of piperazine rings is 1. The van der Waals surface area contributed by atoms with Gasteiger partial charge in [0.05, 0.1) is 11.9 Å². The van der Waals surface area contributed by atoms with Crippen molar-refractivity contribution in [1.82, 2.24) is 24.8 Å². The van der Waals surface area contributed by atoms with Gasteiger partial charge >= 0.3 is 6.18 Å². The van der Waals surface area contributed by atoms with E-state index in [2.05, 4.69) is 32.2 Å². The normalized spacial score (nSPS) is 14.8. The van der Waals surface area contributed by atoms with Crippen LogP contribution in [0.3, 0.4) is 0 Å². The van der Waals surface area contributed by atoms with Gasteiger partial charge in [0.1, 0.15) is 16.5 Å². The Kier molecular flexibility index (Phi) is 5.91. The molecule has 0 aliphatic carbocycles. The van der Waals surface area contributed by atoms with Gasteiger partial charge in [0, 0.05) is 30.4 Å². The van der Waals surface area contributed by atoms with Gasteiger partial charge in [0.15, 0.2) is 0 Å². The Hall–Kier alpha value is -3.35. The first-order chi connectivity index (χ1) is 15.3. The Morgan fingerprint density at radius 3 is 2.59 bits per heavy atom. The van der Waals surface area contributed by atoms with Gasteiger partial charge < -0.3 is 9.80 Å². The predicted molar refractivity (Wildman–Crippen MR) is 117 cm³/mol. The third kappa shape index (κ3) is 4.47. The minimum atomic E-state index is -4.80. The molecule has 0 spiro atoms. The largest absolute Gasteiger partial charge is 0.449 e. The highest BCUT2D eigenvalue weighted by Gasteiger charge is 2.41. The molecule has 1 fully saturated rings. The number of hydrogen-bond donors (Lipinski definition) is 3. The summed E-state index contributed by atoms with van der Waals surface area (Å²) in [6.45, 7) is 2.00. The van der Waals surface area contributed by atoms with E-state index in [1.54, 1.807) is 23.4 Å². The number of nitrogens with zero attached hydrogens (tertiary/aromatic N) is 6. The molecule has 0 saturated carbocycles. The predicted octanol–water partition coefficient (Wildman–Crippen LogP) is 3.82. The minimum absolute atomic E-state index is 0.106. The van der Waals surface area contributed by atoms with Crippen LogP contribution in [0.4, 0.5) is 30.9 Å². The molecule has 9 nitrogen and oxygen atoms in total. The molecule has 3 aromatic heterocycles. The fourth-order valence-electron chi connectivity index (χ4n) is 3.37. The second-order valence-corrected chi connectivity index (χ2v) is 8.23. The van der Waals surface area contributed by atoms with Crippen molar-refractivity contribution in [3.63, 3.8) is 0 Å². The number of aryl methyl sites for hydroxylation is 1. The Balaban J connectivity index is 1.67. The van der Waals surface area contributed by atoms with Crippen LogP contribution in [-0.2, 0) is 6.42 Å². The number of aromatic nitrogens is 4. The molecule has 1 aliphatic rings. The highest BCUT2D eigenvalue weighted by Crippen LogP contribution is 2.34. The second-order valence-electron chi connectivity index (χ2n) is 7.12. The Morgan fingerprint density at radius 2 is 1.94 bits per heavy atom. The molecule has 1 aliphatic heterocycles. The summed E-state index contributed by atoms with van der Waals surface area (Å²) in [5.41, 5.74) is 0. The van der Waals surface area contributed by atoms with Crippen LogP contribution in [-0.4, -0.2) is 62.3 Å². The molecule has 0 amide bonds. The summed E-state index contributed by atoms with van der Waals surface area (Å²) in [5, 5.41) is 19.2. The molecule has 0 radical (unpaired) electrons. The smallest absolute Gasteiger partial charge is 0.347 e. The summed E-state index contributed by atoms with van der Waals surface area (Å²) in [4.78, 5) is 21.7. The number of halogens is 3. The van der Waals surface area contributed by atoms with Gasteiger partial charge in [0.2, 0.25) is 17.7 Å². The molecule has 1 saturated heterocycles. The number of hydrogen-bond acceptors (Lipinski definition) is 9. The van der Waals surface area contributed by atoms with Gasteiger partial charge in [-0.1, -0.05) is 13.3 Å². The summed E-state index contributed by atoms with van der Waals surface area (Å²) in [7, 11) is 0. The SMILES string of the molecule is CCCc1cc2c(N3CCN(C(=N)C(F)(F)F)C(=N)C3)nc(Nc3ncccn3)nc2s1. The zero-order chi connectivity index (χ0) is 22.9. The number of thiophene rings is 1. The zero-order valence-corrected chi connectivity index (χ0v) is 17.9. The average molecular weight is 463 g/mol. The number of anilines is 3. The van der Waals surface area contributed by atoms with Crippen LogP contribution >= 0.6 is 11.3 Å². The van der Waals surface area contributed by atoms with E-state index in [9.17, 15) is 13.2 Å². The molecule has 13 heteroatoms. The van der Waals surface area contributed by atoms with E-state index in [0.29, 0.717) is 16.7 Å². The van der Waals surface area contributed by atoms with Crippen LogP contribution < -0.4 is 10.2 Å². The summed E-state index contributed by atoms with van der Waals surface area (Å²) >= 11 is 1.53. The maximum Gasteiger partial charge on any atom is 0.449 e. The Labute approximate surface area is 185 Å². The molecule has 3 aromatic rings. The van der Waals surface area contributed by atoms with Crippen LogP contribution in [0.1, 0.15) is 18.2 Å². The van der Waals surface area contributed by atoms with Crippen molar-refractivity contribution >= 4 is 50.9 Å². The van der Waals surface area contributed by atoms with Crippen LogP contribution in [0.5, 0.6) is 0 Å². The first-order valence-electron chi connectivity index (χ1n) is 9.86. The Morgan fingerprint density at radius 1 is 1.19 bits per heavy atom. The maximum atomic E-state index is 13.0. The van der Waals surface area contributed by atoms with Crippen LogP contribution in [0.2, 0.25) is 0 Å². The third-order valence-corrected chi connectivity index (χ3v) is 5.90. The van der Waals surface area contributed by atoms with Crippen molar-refractivity contribution in [1.29, 1.82) is 10.8 Å². The second kappa shape index (κ2) is 8.65. The zero-order valence-electron chi connectivity index (χ0n) is 17.1. The monoisotopic (exact) mass is 463 g/mol. The molecule has 4 heterocycles. The molecule has 0 aromatic carbocycles. The van der Waals surface area contributed by atoms with Gasteiger partial charge in [-0.25, -0.2) is 15.0 Å². The number of alkyl halides is 3. The van der Waals surface area contributed by atoms with Crippen molar-refractivity contribution in [3.05, 3.63) is 29.4 Å². The van der Waals surface area contributed by atoms with Crippen molar-refractivity contribution in [2.75, 3.05) is 29.9 Å². The van der Waals surface area contributed by atoms with Crippen molar-refractivity contribution in [3.8, 4) is 0 Å². The van der Waals surface area contributed by atoms with Gasteiger partial charge in [-0.2, -0.15) is 18.2 Å². The Bertz CT molecular complexity index is 1150. The number of fused-ring (bicyclic) bond motifs is 1. The lowest BCUT2D eigenvalue weighted by atomic mass is 10.2. The van der Waals surface area contributed by atoms with Gasteiger partial charge in [0.25, 0.3) is 0 Å². The number of nitrogens with one attached hydrogen (secondary N) is 3. The van der Waals surface area contributed by atoms with Gasteiger partial charge in [-0.15, -0.1) is 11.3 Å². The highest BCUT2D eigenvalue weighted by atomic mass is 32.1. The molecule has 3 N–H and O–H groups in total. The molecular weight excluding hydrogens is 443 g/mol. The van der Waals surface area contributed by atoms with E-state index in [1.807, 2.05) is 6.07 Å². The molecule has 0 bridgehead atoms. The fraction of sp³-hybridized carbons (Fsp3) is 0.368. The van der Waals surface area contributed by atoms with Crippen molar-refractivity contribution in [2.45, 2.75) is 25.9 Å². The summed E-state index contributed by atoms with van der Waals surface area (Å²) in [6.07, 6.45) is 0.190. The molecule has 0 unspecified atom stereocenters. The molecule has 4 rings (SSSR count). The van der Waals surface area contributed by atoms with E-state index in [0.717, 1.165) is 27.9 Å². The molecule has 168 valence electrons. The number of amidine groups is 2.